The van der Waals surface area contributed by atoms with Gasteiger partial charge in [-0.05, 0) is 17.5 Å². The standard InChI is InChI=1S/C16H13N7O3S/c1-26-11-7-10(23(24)25)5-4-9(11)8-22-15-14(20-21-22)13(18-16(17)19-15)12-3-2-6-27-12/h2-7H,8H2,1H3,(H2,17,18,19). The SMILES string of the molecule is COc1cc([N+](=O)[O-])ccc1Cn1nnc2c(-c3cccs3)nc(N)nc21. The number of benzene rings is 1. The molecule has 0 fully saturated rings. The fourth-order valence-electron chi connectivity index (χ4n) is 2.70. The lowest BCUT2D eigenvalue weighted by Gasteiger charge is -2.08. The van der Waals surface area contributed by atoms with E-state index in [1.807, 2.05) is 17.5 Å². The van der Waals surface area contributed by atoms with Crippen LogP contribution in [0.3, 0.4) is 0 Å². The van der Waals surface area contributed by atoms with E-state index in [0.717, 1.165) is 4.88 Å². The molecule has 0 amide bonds. The smallest absolute Gasteiger partial charge is 0.273 e. The van der Waals surface area contributed by atoms with Crippen LogP contribution in [0.25, 0.3) is 21.7 Å². The van der Waals surface area contributed by atoms with Crippen LogP contribution in [-0.4, -0.2) is 37.0 Å². The average Bonchev–Trinajstić information content (AvgIpc) is 3.32. The summed E-state index contributed by atoms with van der Waals surface area (Å²) in [5, 5.41) is 21.3. The highest BCUT2D eigenvalue weighted by Gasteiger charge is 2.18. The first kappa shape index (κ1) is 16.8. The van der Waals surface area contributed by atoms with E-state index in [2.05, 4.69) is 20.3 Å². The zero-order chi connectivity index (χ0) is 19.0. The van der Waals surface area contributed by atoms with Gasteiger partial charge in [0.1, 0.15) is 11.4 Å². The number of hydrogen-bond donors (Lipinski definition) is 1. The molecule has 4 aromatic rings. The first-order valence-corrected chi connectivity index (χ1v) is 8.66. The number of anilines is 1. The number of rotatable bonds is 5. The number of ether oxygens (including phenoxy) is 1. The summed E-state index contributed by atoms with van der Waals surface area (Å²) < 4.78 is 6.85. The molecule has 11 heteroatoms. The molecule has 0 unspecified atom stereocenters. The van der Waals surface area contributed by atoms with Crippen LogP contribution in [0.2, 0.25) is 0 Å². The molecule has 2 N–H and O–H groups in total. The number of nitro benzene ring substituents is 1. The number of aromatic nitrogens is 5. The van der Waals surface area contributed by atoms with E-state index in [0.29, 0.717) is 28.2 Å². The number of fused-ring (bicyclic) bond motifs is 1. The van der Waals surface area contributed by atoms with Gasteiger partial charge in [-0.1, -0.05) is 11.3 Å². The van der Waals surface area contributed by atoms with Crippen molar-refractivity contribution >= 4 is 34.1 Å². The lowest BCUT2D eigenvalue weighted by atomic mass is 10.2. The maximum absolute atomic E-state index is 11.0. The normalized spacial score (nSPS) is 11.0. The highest BCUT2D eigenvalue weighted by atomic mass is 32.1. The molecule has 0 aliphatic carbocycles. The van der Waals surface area contributed by atoms with Crippen LogP contribution in [-0.2, 0) is 6.54 Å². The Morgan fingerprint density at radius 2 is 2.19 bits per heavy atom. The van der Waals surface area contributed by atoms with Crippen LogP contribution in [0, 0.1) is 10.1 Å². The van der Waals surface area contributed by atoms with Gasteiger partial charge < -0.3 is 10.5 Å². The van der Waals surface area contributed by atoms with Crippen LogP contribution < -0.4 is 10.5 Å². The highest BCUT2D eigenvalue weighted by molar-refractivity contribution is 7.13. The molecule has 0 aliphatic heterocycles. The molecule has 0 bridgehead atoms. The van der Waals surface area contributed by atoms with Crippen molar-refractivity contribution in [2.24, 2.45) is 0 Å². The van der Waals surface area contributed by atoms with Crippen molar-refractivity contribution in [2.75, 3.05) is 12.8 Å². The second-order valence-corrected chi connectivity index (χ2v) is 6.53. The van der Waals surface area contributed by atoms with Gasteiger partial charge in [0.25, 0.3) is 5.69 Å². The average molecular weight is 383 g/mol. The maximum Gasteiger partial charge on any atom is 0.273 e. The van der Waals surface area contributed by atoms with E-state index < -0.39 is 4.92 Å². The minimum atomic E-state index is -0.474. The largest absolute Gasteiger partial charge is 0.496 e. The van der Waals surface area contributed by atoms with Crippen molar-refractivity contribution in [2.45, 2.75) is 6.54 Å². The van der Waals surface area contributed by atoms with E-state index in [1.54, 1.807) is 10.7 Å². The molecule has 136 valence electrons. The molecule has 0 spiro atoms. The molecule has 4 rings (SSSR count). The van der Waals surface area contributed by atoms with E-state index in [9.17, 15) is 10.1 Å². The monoisotopic (exact) mass is 383 g/mol. The Hall–Kier alpha value is -3.60. The summed E-state index contributed by atoms with van der Waals surface area (Å²) in [5.41, 5.74) is 8.16. The predicted octanol–water partition coefficient (Wildman–Crippen LogP) is 2.50. The van der Waals surface area contributed by atoms with Crippen LogP contribution in [0.4, 0.5) is 11.6 Å². The van der Waals surface area contributed by atoms with Gasteiger partial charge >= 0.3 is 0 Å². The second-order valence-electron chi connectivity index (χ2n) is 5.58. The predicted molar refractivity (Wildman–Crippen MR) is 99.6 cm³/mol. The number of thiophene rings is 1. The molecule has 0 atom stereocenters. The highest BCUT2D eigenvalue weighted by Crippen LogP contribution is 2.30. The van der Waals surface area contributed by atoms with E-state index in [-0.39, 0.29) is 18.2 Å². The number of nitrogens with zero attached hydrogens (tertiary/aromatic N) is 6. The molecule has 0 saturated heterocycles. The molecule has 1 aromatic carbocycles. The van der Waals surface area contributed by atoms with E-state index in [1.165, 1.54) is 30.6 Å². The molecule has 0 aliphatic rings. The number of nitro groups is 1. The Kier molecular flexibility index (Phi) is 4.12. The topological polar surface area (TPSA) is 135 Å². The maximum atomic E-state index is 11.0. The van der Waals surface area contributed by atoms with Crippen LogP contribution in [0.15, 0.2) is 35.7 Å². The summed E-state index contributed by atoms with van der Waals surface area (Å²) >= 11 is 1.52. The van der Waals surface area contributed by atoms with Crippen molar-refractivity contribution < 1.29 is 9.66 Å². The van der Waals surface area contributed by atoms with E-state index >= 15 is 0 Å². The summed E-state index contributed by atoms with van der Waals surface area (Å²) in [5.74, 6) is 0.499. The van der Waals surface area contributed by atoms with Crippen molar-refractivity contribution in [1.29, 1.82) is 0 Å². The van der Waals surface area contributed by atoms with Crippen molar-refractivity contribution in [3.05, 3.63) is 51.4 Å². The third-order valence-corrected chi connectivity index (χ3v) is 4.81. The molecular formula is C16H13N7O3S. The third-order valence-electron chi connectivity index (χ3n) is 3.94. The van der Waals surface area contributed by atoms with Gasteiger partial charge in [0.2, 0.25) is 5.95 Å². The van der Waals surface area contributed by atoms with Crippen molar-refractivity contribution in [3.63, 3.8) is 0 Å². The Balaban J connectivity index is 1.79. The Morgan fingerprint density at radius 3 is 2.89 bits per heavy atom. The zero-order valence-corrected chi connectivity index (χ0v) is 14.9. The molecular weight excluding hydrogens is 370 g/mol. The van der Waals surface area contributed by atoms with Gasteiger partial charge in [-0.3, -0.25) is 10.1 Å². The summed E-state index contributed by atoms with van der Waals surface area (Å²) in [7, 11) is 1.46. The molecule has 3 aromatic heterocycles. The quantitative estimate of drug-likeness (QED) is 0.410. The van der Waals surface area contributed by atoms with Crippen LogP contribution >= 0.6 is 11.3 Å². The number of methoxy groups -OCH3 is 1. The zero-order valence-electron chi connectivity index (χ0n) is 14.1. The molecule has 3 heterocycles. The molecule has 0 radical (unpaired) electrons. The van der Waals surface area contributed by atoms with Crippen molar-refractivity contribution in [1.82, 2.24) is 25.0 Å². The summed E-state index contributed by atoms with van der Waals surface area (Å²) in [6, 6.07) is 8.24. The third kappa shape index (κ3) is 3.04. The van der Waals surface area contributed by atoms with Gasteiger partial charge in [0, 0.05) is 11.6 Å². The summed E-state index contributed by atoms with van der Waals surface area (Å²) in [6.45, 7) is 0.262. The first-order valence-electron chi connectivity index (χ1n) is 7.78. The molecule has 27 heavy (non-hydrogen) atoms. The Labute approximate surface area is 156 Å². The number of nitrogen functional groups attached to an aromatic ring is 1. The lowest BCUT2D eigenvalue weighted by molar-refractivity contribution is -0.384. The van der Waals surface area contributed by atoms with Gasteiger partial charge in [0.05, 0.1) is 29.5 Å². The van der Waals surface area contributed by atoms with E-state index in [4.69, 9.17) is 10.5 Å². The van der Waals surface area contributed by atoms with Gasteiger partial charge in [-0.2, -0.15) is 4.98 Å². The van der Waals surface area contributed by atoms with Gasteiger partial charge in [-0.25, -0.2) is 9.67 Å². The first-order chi connectivity index (χ1) is 13.1. The minimum absolute atomic E-state index is 0.0504. The second kappa shape index (κ2) is 6.61. The Bertz CT molecular complexity index is 1140. The fraction of sp³-hybridized carbons (Fsp3) is 0.125. The van der Waals surface area contributed by atoms with Crippen LogP contribution in [0.5, 0.6) is 5.75 Å². The lowest BCUT2D eigenvalue weighted by Crippen LogP contribution is -2.06. The van der Waals surface area contributed by atoms with Crippen LogP contribution in [0.1, 0.15) is 5.56 Å². The summed E-state index contributed by atoms with van der Waals surface area (Å²) in [6.07, 6.45) is 0. The number of hydrogen-bond acceptors (Lipinski definition) is 9. The number of non-ortho nitro benzene ring substituents is 1. The van der Waals surface area contributed by atoms with Gasteiger partial charge in [-0.15, -0.1) is 16.4 Å². The van der Waals surface area contributed by atoms with Gasteiger partial charge in [0.15, 0.2) is 11.2 Å². The minimum Gasteiger partial charge on any atom is -0.496 e. The Morgan fingerprint density at radius 1 is 1.33 bits per heavy atom. The fourth-order valence-corrected chi connectivity index (χ4v) is 3.42. The summed E-state index contributed by atoms with van der Waals surface area (Å²) in [4.78, 5) is 19.9. The molecule has 0 saturated carbocycles. The van der Waals surface area contributed by atoms with Crippen molar-refractivity contribution in [3.8, 4) is 16.3 Å². The number of nitrogens with two attached hydrogens (primary N) is 1. The molecule has 10 nitrogen and oxygen atoms in total.